The van der Waals surface area contributed by atoms with Crippen LogP contribution in [0.15, 0.2) is 33.7 Å². The van der Waals surface area contributed by atoms with Crippen molar-refractivity contribution in [3.8, 4) is 0 Å². The second kappa shape index (κ2) is 4.44. The number of carbonyl (C=O) groups is 1. The molecule has 0 saturated carbocycles. The molecule has 2 rings (SSSR count). The highest BCUT2D eigenvalue weighted by Gasteiger charge is 2.14. The number of aryl methyl sites for hydroxylation is 1. The molecule has 0 radical (unpaired) electrons. The number of hydrogen-bond donors (Lipinski definition) is 1. The average Bonchev–Trinajstić information content (AvgIpc) is 2.68. The van der Waals surface area contributed by atoms with E-state index in [1.54, 1.807) is 25.3 Å². The molecule has 0 aliphatic rings. The van der Waals surface area contributed by atoms with Crippen LogP contribution in [0.2, 0.25) is 0 Å². The third kappa shape index (κ3) is 2.27. The molecular formula is C10H8BrN3O2. The molecule has 6 heteroatoms. The Balaban J connectivity index is 2.14. The van der Waals surface area contributed by atoms with Gasteiger partial charge < -0.3 is 9.84 Å². The molecule has 1 N–H and O–H groups in total. The molecule has 0 aliphatic heterocycles. The number of carbonyl (C=O) groups excluding carboxylic acids is 1. The molecule has 0 saturated heterocycles. The zero-order valence-corrected chi connectivity index (χ0v) is 9.98. The lowest BCUT2D eigenvalue weighted by atomic mass is 10.3. The molecule has 2 heterocycles. The lowest BCUT2D eigenvalue weighted by Crippen LogP contribution is -2.12. The van der Waals surface area contributed by atoms with Crippen LogP contribution in [0.1, 0.15) is 16.1 Å². The van der Waals surface area contributed by atoms with E-state index in [0.717, 1.165) is 0 Å². The summed E-state index contributed by atoms with van der Waals surface area (Å²) in [6.07, 6.45) is 3.04. The first-order valence-electron chi connectivity index (χ1n) is 4.51. The van der Waals surface area contributed by atoms with Gasteiger partial charge in [-0.15, -0.1) is 0 Å². The van der Waals surface area contributed by atoms with Crippen LogP contribution in [0, 0.1) is 6.92 Å². The molecule has 82 valence electrons. The summed E-state index contributed by atoms with van der Waals surface area (Å²) in [7, 11) is 0. The molecule has 5 nitrogen and oxygen atoms in total. The van der Waals surface area contributed by atoms with Crippen molar-refractivity contribution in [1.29, 1.82) is 0 Å². The van der Waals surface area contributed by atoms with Gasteiger partial charge >= 0.3 is 0 Å². The molecule has 0 bridgehead atoms. The van der Waals surface area contributed by atoms with Crippen molar-refractivity contribution in [3.63, 3.8) is 0 Å². The quantitative estimate of drug-likeness (QED) is 0.859. The molecule has 2 aromatic rings. The summed E-state index contributed by atoms with van der Waals surface area (Å²) in [6, 6.07) is 3.48. The van der Waals surface area contributed by atoms with Crippen molar-refractivity contribution < 1.29 is 9.32 Å². The van der Waals surface area contributed by atoms with Gasteiger partial charge in [-0.1, -0.05) is 5.16 Å². The summed E-state index contributed by atoms with van der Waals surface area (Å²) in [5, 5.41) is 6.20. The molecule has 16 heavy (non-hydrogen) atoms. The fourth-order valence-electron chi connectivity index (χ4n) is 1.15. The maximum Gasteiger partial charge on any atom is 0.294 e. The lowest BCUT2D eigenvalue weighted by molar-refractivity contribution is 0.0987. The second-order valence-corrected chi connectivity index (χ2v) is 3.97. The van der Waals surface area contributed by atoms with Crippen molar-refractivity contribution in [2.24, 2.45) is 0 Å². The lowest BCUT2D eigenvalue weighted by Gasteiger charge is -2.02. The molecule has 1 amide bonds. The van der Waals surface area contributed by atoms with Crippen molar-refractivity contribution in [2.75, 3.05) is 5.32 Å². The van der Waals surface area contributed by atoms with Gasteiger partial charge in [0, 0.05) is 5.56 Å². The van der Waals surface area contributed by atoms with Gasteiger partial charge in [0.15, 0.2) is 0 Å². The standard InChI is InChI=1S/C10H8BrN3O2/c1-6-4-13-16-9(6)10(15)14-7-2-3-8(11)12-5-7/h2-5H,1H3,(H,14,15). The summed E-state index contributed by atoms with van der Waals surface area (Å²) in [5.74, 6) is -0.123. The van der Waals surface area contributed by atoms with Crippen LogP contribution < -0.4 is 5.32 Å². The monoisotopic (exact) mass is 281 g/mol. The predicted octanol–water partition coefficient (Wildman–Crippen LogP) is 2.39. The highest BCUT2D eigenvalue weighted by molar-refractivity contribution is 9.10. The first kappa shape index (κ1) is 10.8. The maximum atomic E-state index is 11.7. The number of hydrogen-bond acceptors (Lipinski definition) is 4. The fourth-order valence-corrected chi connectivity index (χ4v) is 1.38. The maximum absolute atomic E-state index is 11.7. The highest BCUT2D eigenvalue weighted by Crippen LogP contribution is 2.13. The Hall–Kier alpha value is -1.69. The van der Waals surface area contributed by atoms with Crippen LogP contribution >= 0.6 is 15.9 Å². The van der Waals surface area contributed by atoms with E-state index in [2.05, 4.69) is 31.4 Å². The first-order valence-corrected chi connectivity index (χ1v) is 5.30. The van der Waals surface area contributed by atoms with Crippen LogP contribution in [0.3, 0.4) is 0 Å². The Kier molecular flexibility index (Phi) is 3.00. The fraction of sp³-hybridized carbons (Fsp3) is 0.100. The zero-order chi connectivity index (χ0) is 11.5. The summed E-state index contributed by atoms with van der Waals surface area (Å²) in [6.45, 7) is 1.76. The van der Waals surface area contributed by atoms with Crippen LogP contribution in [-0.4, -0.2) is 16.0 Å². The van der Waals surface area contributed by atoms with Crippen LogP contribution in [0.5, 0.6) is 0 Å². The number of amides is 1. The molecule has 0 fully saturated rings. The number of anilines is 1. The largest absolute Gasteiger partial charge is 0.351 e. The SMILES string of the molecule is Cc1cnoc1C(=O)Nc1ccc(Br)nc1. The summed E-state index contributed by atoms with van der Waals surface area (Å²) < 4.78 is 5.54. The van der Waals surface area contributed by atoms with E-state index in [9.17, 15) is 4.79 Å². The number of pyridine rings is 1. The Bertz CT molecular complexity index is 507. The predicted molar refractivity (Wildman–Crippen MR) is 61.1 cm³/mol. The average molecular weight is 282 g/mol. The van der Waals surface area contributed by atoms with Gasteiger partial charge in [-0.3, -0.25) is 4.79 Å². The van der Waals surface area contributed by atoms with E-state index in [0.29, 0.717) is 15.9 Å². The summed E-state index contributed by atoms with van der Waals surface area (Å²) >= 11 is 3.21. The normalized spacial score (nSPS) is 10.1. The number of aromatic nitrogens is 2. The van der Waals surface area contributed by atoms with Gasteiger partial charge in [0.25, 0.3) is 5.91 Å². The number of nitrogens with one attached hydrogen (secondary N) is 1. The zero-order valence-electron chi connectivity index (χ0n) is 8.40. The van der Waals surface area contributed by atoms with E-state index in [1.807, 2.05) is 0 Å². The van der Waals surface area contributed by atoms with E-state index >= 15 is 0 Å². The van der Waals surface area contributed by atoms with Gasteiger partial charge in [-0.2, -0.15) is 0 Å². The Morgan fingerprint density at radius 1 is 1.44 bits per heavy atom. The smallest absolute Gasteiger partial charge is 0.294 e. The van der Waals surface area contributed by atoms with E-state index in [-0.39, 0.29) is 11.7 Å². The van der Waals surface area contributed by atoms with E-state index in [1.165, 1.54) is 6.20 Å². The number of nitrogens with zero attached hydrogens (tertiary/aromatic N) is 2. The second-order valence-electron chi connectivity index (χ2n) is 3.16. The highest BCUT2D eigenvalue weighted by atomic mass is 79.9. The molecule has 0 aromatic carbocycles. The van der Waals surface area contributed by atoms with Gasteiger partial charge in [0.1, 0.15) is 4.60 Å². The van der Waals surface area contributed by atoms with Crippen LogP contribution in [-0.2, 0) is 0 Å². The number of rotatable bonds is 2. The molecule has 2 aromatic heterocycles. The Morgan fingerprint density at radius 2 is 2.25 bits per heavy atom. The third-order valence-corrected chi connectivity index (χ3v) is 2.41. The van der Waals surface area contributed by atoms with Crippen LogP contribution in [0.4, 0.5) is 5.69 Å². The van der Waals surface area contributed by atoms with E-state index < -0.39 is 0 Å². The Morgan fingerprint density at radius 3 is 2.81 bits per heavy atom. The molecule has 0 unspecified atom stereocenters. The topological polar surface area (TPSA) is 68.0 Å². The van der Waals surface area contributed by atoms with Gasteiger partial charge in [-0.25, -0.2) is 4.98 Å². The first-order chi connectivity index (χ1) is 7.66. The Labute approximate surface area is 100.0 Å². The third-order valence-electron chi connectivity index (χ3n) is 1.94. The summed E-state index contributed by atoms with van der Waals surface area (Å²) in [5.41, 5.74) is 1.30. The van der Waals surface area contributed by atoms with Gasteiger partial charge in [0.2, 0.25) is 5.76 Å². The van der Waals surface area contributed by atoms with Gasteiger partial charge in [0.05, 0.1) is 18.1 Å². The number of halogens is 1. The molecule has 0 atom stereocenters. The minimum atomic E-state index is -0.334. The molecular weight excluding hydrogens is 274 g/mol. The van der Waals surface area contributed by atoms with Gasteiger partial charge in [-0.05, 0) is 35.0 Å². The minimum Gasteiger partial charge on any atom is -0.351 e. The summed E-state index contributed by atoms with van der Waals surface area (Å²) in [4.78, 5) is 15.7. The van der Waals surface area contributed by atoms with E-state index in [4.69, 9.17) is 4.52 Å². The van der Waals surface area contributed by atoms with Crippen molar-refractivity contribution in [2.45, 2.75) is 6.92 Å². The molecule has 0 spiro atoms. The van der Waals surface area contributed by atoms with Crippen LogP contribution in [0.25, 0.3) is 0 Å². The minimum absolute atomic E-state index is 0.211. The molecule has 0 aliphatic carbocycles. The van der Waals surface area contributed by atoms with Crippen molar-refractivity contribution in [1.82, 2.24) is 10.1 Å². The van der Waals surface area contributed by atoms with Crippen molar-refractivity contribution in [3.05, 3.63) is 40.5 Å². The van der Waals surface area contributed by atoms with Crippen molar-refractivity contribution >= 4 is 27.5 Å².